The van der Waals surface area contributed by atoms with Crippen LogP contribution in [0.2, 0.25) is 0 Å². The number of hydrogen-bond acceptors (Lipinski definition) is 7. The fourth-order valence-corrected chi connectivity index (χ4v) is 10.1. The van der Waals surface area contributed by atoms with Crippen molar-refractivity contribution in [1.82, 2.24) is 0 Å². The van der Waals surface area contributed by atoms with Crippen LogP contribution in [0, 0.1) is 91.3 Å². The molecule has 0 aliphatic heterocycles. The average molecular weight is 875 g/mol. The lowest BCUT2D eigenvalue weighted by molar-refractivity contribution is -0.255. The maximum atomic E-state index is 11.2. The third kappa shape index (κ3) is 25.2. The van der Waals surface area contributed by atoms with Gasteiger partial charge in [-0.2, -0.15) is 0 Å². The molecule has 5 rings (SSSR count). The number of rotatable bonds is 14. The fourth-order valence-electron chi connectivity index (χ4n) is 10.1. The molecule has 0 spiro atoms. The number of methoxy groups -OCH3 is 3. The molecule has 2 unspecified atom stereocenters. The van der Waals surface area contributed by atoms with Gasteiger partial charge in [0.05, 0.1) is 12.2 Å². The van der Waals surface area contributed by atoms with E-state index in [-0.39, 0.29) is 31.4 Å². The Morgan fingerprint density at radius 2 is 1.03 bits per heavy atom. The van der Waals surface area contributed by atoms with Crippen LogP contribution in [0.15, 0.2) is 0 Å². The Morgan fingerprint density at radius 3 is 1.54 bits per heavy atom. The summed E-state index contributed by atoms with van der Waals surface area (Å²) in [4.78, 5) is 22.1. The van der Waals surface area contributed by atoms with Crippen molar-refractivity contribution in [3.05, 3.63) is 0 Å². The Morgan fingerprint density at radius 1 is 0.587 bits per heavy atom. The highest BCUT2D eigenvalue weighted by molar-refractivity contribution is 5.81. The van der Waals surface area contributed by atoms with E-state index in [1.807, 2.05) is 7.11 Å². The maximum Gasteiger partial charge on any atom is 0.302 e. The number of ether oxygens (including phenoxy) is 4. The van der Waals surface area contributed by atoms with E-state index in [2.05, 4.69) is 29.6 Å². The third-order valence-electron chi connectivity index (χ3n) is 13.7. The molecular weight excluding hydrogens is 785 g/mol. The molecule has 5 saturated carbocycles. The van der Waals surface area contributed by atoms with Crippen LogP contribution in [0.25, 0.3) is 0 Å². The Hall–Kier alpha value is -3.22. The number of terminal acetylenes is 5. The summed E-state index contributed by atoms with van der Waals surface area (Å²) in [5.74, 6) is 15.6. The highest BCUT2D eigenvalue weighted by Gasteiger charge is 2.40. The van der Waals surface area contributed by atoms with Crippen molar-refractivity contribution >= 4 is 11.8 Å². The smallest absolute Gasteiger partial charge is 0.302 e. The SMILES string of the molecule is C.C#CCCC1CCCCC1OC.C#CCC[C@H]1CCCCC1(OC)OC.C#CCC[C@H]1CCCCC1=O.C#CCC[C@H]1CCCC[C@H]1O.C#CCC[C@H]1CCCC[C@H]1OC(C)=O. The van der Waals surface area contributed by atoms with E-state index >= 15 is 0 Å². The van der Waals surface area contributed by atoms with E-state index in [0.717, 1.165) is 115 Å². The Labute approximate surface area is 387 Å². The van der Waals surface area contributed by atoms with Gasteiger partial charge in [0.25, 0.3) is 0 Å². The van der Waals surface area contributed by atoms with Gasteiger partial charge in [-0.15, -0.1) is 61.7 Å². The number of Topliss-reactive ketones (excluding diaryl/α,β-unsaturated/α-hetero) is 1. The topological polar surface area (TPSA) is 91.3 Å². The van der Waals surface area contributed by atoms with Crippen LogP contribution in [-0.4, -0.2) is 62.3 Å². The van der Waals surface area contributed by atoms with Crippen LogP contribution < -0.4 is 0 Å². The molecule has 0 heterocycles. The molecule has 1 N–H and O–H groups in total. The molecular formula is C56H90O7. The molecule has 0 saturated heterocycles. The van der Waals surface area contributed by atoms with Crippen molar-refractivity contribution in [2.45, 2.75) is 231 Å². The van der Waals surface area contributed by atoms with E-state index < -0.39 is 0 Å². The van der Waals surface area contributed by atoms with Crippen LogP contribution >= 0.6 is 0 Å². The average Bonchev–Trinajstić information content (AvgIpc) is 3.30. The standard InChI is InChI=1S/C12H20O2.C12H18O2.C11H18O.C10H16O.C10H14O.CH4/c1-4-5-8-11-9-6-7-10-12(11,13-2)14-3;1-3-4-7-11-8-5-6-9-12(11)14-10(2)13;1-3-4-7-10-8-5-6-9-11(10)12-2;2*1-2-3-6-9-7-4-5-8-10(9)11;/h1,11H,5-10H2,2-3H3;1,11-12H,4-9H2,2H3;1,10-11H,4-9H2,2H3;1,9-11H,3-8H2;1,9H,3-8H2;1H4/t11-;11-,12+;;9-,10+;9-;/m00.00./s1. The van der Waals surface area contributed by atoms with Crippen molar-refractivity contribution in [3.63, 3.8) is 0 Å². The molecule has 5 aliphatic rings. The molecule has 356 valence electrons. The Balaban J connectivity index is 0.000000762. The number of carbonyl (C=O) groups is 2. The molecule has 0 amide bonds. The van der Waals surface area contributed by atoms with Gasteiger partial charge < -0.3 is 24.1 Å². The van der Waals surface area contributed by atoms with Crippen LogP contribution in [0.3, 0.4) is 0 Å². The first-order valence-electron chi connectivity index (χ1n) is 24.3. The summed E-state index contributed by atoms with van der Waals surface area (Å²) in [5.41, 5.74) is 0. The number of esters is 1. The molecule has 7 heteroatoms. The molecule has 63 heavy (non-hydrogen) atoms. The molecule has 0 aromatic heterocycles. The number of aliphatic hydroxyl groups is 1. The van der Waals surface area contributed by atoms with E-state index in [0.29, 0.717) is 35.6 Å². The van der Waals surface area contributed by atoms with Crippen molar-refractivity contribution in [1.29, 1.82) is 0 Å². The summed E-state index contributed by atoms with van der Waals surface area (Å²) in [6.45, 7) is 1.48. The van der Waals surface area contributed by atoms with Gasteiger partial charge in [0.2, 0.25) is 0 Å². The van der Waals surface area contributed by atoms with Gasteiger partial charge in [-0.3, -0.25) is 9.59 Å². The lowest BCUT2D eigenvalue weighted by Crippen LogP contribution is -2.44. The summed E-state index contributed by atoms with van der Waals surface area (Å²) in [6.07, 6.45) is 58.9. The van der Waals surface area contributed by atoms with Crippen LogP contribution in [0.4, 0.5) is 0 Å². The fraction of sp³-hybridized carbons (Fsp3) is 0.786. The molecule has 8 atom stereocenters. The third-order valence-corrected chi connectivity index (χ3v) is 13.7. The Bertz CT molecular complexity index is 1400. The summed E-state index contributed by atoms with van der Waals surface area (Å²) in [6, 6.07) is 0. The molecule has 0 radical (unpaired) electrons. The molecule has 5 fully saturated rings. The minimum absolute atomic E-state index is 0. The quantitative estimate of drug-likeness (QED) is 0.106. The first kappa shape index (κ1) is 59.8. The van der Waals surface area contributed by atoms with E-state index in [1.165, 1.54) is 90.4 Å². The minimum atomic E-state index is -0.366. The largest absolute Gasteiger partial charge is 0.462 e. The van der Waals surface area contributed by atoms with Gasteiger partial charge in [0.15, 0.2) is 5.79 Å². The van der Waals surface area contributed by atoms with E-state index in [9.17, 15) is 14.7 Å². The molecule has 0 aromatic rings. The van der Waals surface area contributed by atoms with E-state index in [1.54, 1.807) is 14.2 Å². The number of carbonyl (C=O) groups excluding carboxylic acids is 2. The van der Waals surface area contributed by atoms with Gasteiger partial charge in [0.1, 0.15) is 11.9 Å². The van der Waals surface area contributed by atoms with Crippen molar-refractivity contribution < 1.29 is 33.6 Å². The lowest BCUT2D eigenvalue weighted by Gasteiger charge is -2.41. The predicted molar refractivity (Wildman–Crippen MR) is 261 cm³/mol. The maximum absolute atomic E-state index is 11.2. The van der Waals surface area contributed by atoms with E-state index in [4.69, 9.17) is 51.1 Å². The van der Waals surface area contributed by atoms with Crippen molar-refractivity contribution in [2.75, 3.05) is 21.3 Å². The highest BCUT2D eigenvalue weighted by atomic mass is 16.7. The van der Waals surface area contributed by atoms with Gasteiger partial charge in [-0.25, -0.2) is 0 Å². The summed E-state index contributed by atoms with van der Waals surface area (Å²) in [5, 5.41) is 9.53. The minimum Gasteiger partial charge on any atom is -0.462 e. The monoisotopic (exact) mass is 875 g/mol. The van der Waals surface area contributed by atoms with Crippen molar-refractivity contribution in [2.24, 2.45) is 29.6 Å². The van der Waals surface area contributed by atoms with Gasteiger partial charge in [-0.05, 0) is 120 Å². The normalized spacial score (nSPS) is 27.0. The lowest BCUT2D eigenvalue weighted by atomic mass is 9.80. The summed E-state index contributed by atoms with van der Waals surface area (Å²) in [7, 11) is 5.29. The van der Waals surface area contributed by atoms with Gasteiger partial charge in [0, 0.05) is 85.0 Å². The molecule has 7 nitrogen and oxygen atoms in total. The number of hydrogen-bond donors (Lipinski definition) is 1. The van der Waals surface area contributed by atoms with Crippen LogP contribution in [0.5, 0.6) is 0 Å². The first-order chi connectivity index (χ1) is 30.1. The molecule has 0 bridgehead atoms. The summed E-state index contributed by atoms with van der Waals surface area (Å²) < 4.78 is 21.8. The van der Waals surface area contributed by atoms with Gasteiger partial charge >= 0.3 is 5.97 Å². The zero-order valence-corrected chi connectivity index (χ0v) is 39.6. The summed E-state index contributed by atoms with van der Waals surface area (Å²) >= 11 is 0. The Kier molecular flexibility index (Phi) is 36.1. The number of aliphatic hydroxyl groups excluding tert-OH is 1. The second kappa shape index (κ2) is 38.1. The van der Waals surface area contributed by atoms with Crippen LogP contribution in [-0.2, 0) is 28.5 Å². The second-order valence-electron chi connectivity index (χ2n) is 17.9. The number of ketones is 1. The predicted octanol–water partition coefficient (Wildman–Crippen LogP) is 12.5. The molecule has 5 aliphatic carbocycles. The second-order valence-corrected chi connectivity index (χ2v) is 17.9. The zero-order valence-electron chi connectivity index (χ0n) is 39.6. The zero-order chi connectivity index (χ0) is 45.9. The first-order valence-corrected chi connectivity index (χ1v) is 24.3. The van der Waals surface area contributed by atoms with Crippen LogP contribution in [0.1, 0.15) is 207 Å². The van der Waals surface area contributed by atoms with Gasteiger partial charge in [-0.1, -0.05) is 52.4 Å². The van der Waals surface area contributed by atoms with Crippen molar-refractivity contribution in [3.8, 4) is 61.7 Å². The highest BCUT2D eigenvalue weighted by Crippen LogP contribution is 2.39. The molecule has 0 aromatic carbocycles.